The second-order valence-corrected chi connectivity index (χ2v) is 9.18. The standard InChI is InChI=1S/C21H25NS/c1-3-15(10-19(4-1)20-5-2-6-23-20)14-22-21-11-16-7-17(12-21)9-18(8-16)13-21/h1-6,10,16-18,22H,7-9,11-14H2. The maximum Gasteiger partial charge on any atom is 0.0342 e. The fourth-order valence-corrected chi connectivity index (χ4v) is 6.62. The van der Waals surface area contributed by atoms with E-state index < -0.39 is 0 Å². The molecule has 0 radical (unpaired) electrons. The van der Waals surface area contributed by atoms with E-state index >= 15 is 0 Å². The lowest BCUT2D eigenvalue weighted by atomic mass is 9.53. The van der Waals surface area contributed by atoms with Crippen LogP contribution in [0.4, 0.5) is 0 Å². The van der Waals surface area contributed by atoms with Crippen LogP contribution in [0.5, 0.6) is 0 Å². The highest BCUT2D eigenvalue weighted by molar-refractivity contribution is 7.13. The Morgan fingerprint density at radius 2 is 1.70 bits per heavy atom. The number of thiophene rings is 1. The molecule has 4 saturated carbocycles. The van der Waals surface area contributed by atoms with Gasteiger partial charge in [0.2, 0.25) is 0 Å². The lowest BCUT2D eigenvalue weighted by molar-refractivity contribution is -0.0206. The highest BCUT2D eigenvalue weighted by atomic mass is 32.1. The summed E-state index contributed by atoms with van der Waals surface area (Å²) in [5.74, 6) is 3.06. The Morgan fingerprint density at radius 1 is 0.957 bits per heavy atom. The summed E-state index contributed by atoms with van der Waals surface area (Å²) in [5, 5.41) is 6.18. The summed E-state index contributed by atoms with van der Waals surface area (Å²) in [6, 6.07) is 13.5. The molecule has 120 valence electrons. The van der Waals surface area contributed by atoms with Crippen molar-refractivity contribution in [3.05, 3.63) is 47.3 Å². The molecule has 23 heavy (non-hydrogen) atoms. The van der Waals surface area contributed by atoms with E-state index in [9.17, 15) is 0 Å². The molecule has 0 unspecified atom stereocenters. The Balaban J connectivity index is 1.32. The summed E-state index contributed by atoms with van der Waals surface area (Å²) in [4.78, 5) is 1.38. The highest BCUT2D eigenvalue weighted by Gasteiger charge is 2.50. The number of nitrogens with one attached hydrogen (secondary N) is 1. The zero-order valence-electron chi connectivity index (χ0n) is 13.6. The van der Waals surface area contributed by atoms with Crippen LogP contribution in [0, 0.1) is 17.8 Å². The quantitative estimate of drug-likeness (QED) is 0.786. The summed E-state index contributed by atoms with van der Waals surface area (Å²) in [6.07, 6.45) is 8.87. The van der Waals surface area contributed by atoms with Gasteiger partial charge in [-0.15, -0.1) is 11.3 Å². The fraction of sp³-hybridized carbons (Fsp3) is 0.524. The molecule has 4 aliphatic rings. The van der Waals surface area contributed by atoms with Crippen molar-refractivity contribution >= 4 is 11.3 Å². The van der Waals surface area contributed by atoms with E-state index in [0.29, 0.717) is 5.54 Å². The first-order valence-corrected chi connectivity index (χ1v) is 10.0. The van der Waals surface area contributed by atoms with Crippen LogP contribution in [0.25, 0.3) is 10.4 Å². The van der Waals surface area contributed by atoms with E-state index in [4.69, 9.17) is 0 Å². The molecule has 2 aromatic rings. The maximum atomic E-state index is 4.02. The molecule has 2 heteroatoms. The normalized spacial score (nSPS) is 34.9. The first-order chi connectivity index (χ1) is 11.3. The molecule has 4 aliphatic carbocycles. The van der Waals surface area contributed by atoms with E-state index in [-0.39, 0.29) is 0 Å². The van der Waals surface area contributed by atoms with Crippen LogP contribution in [0.15, 0.2) is 41.8 Å². The minimum Gasteiger partial charge on any atom is -0.307 e. The van der Waals surface area contributed by atoms with Gasteiger partial charge in [0.15, 0.2) is 0 Å². The van der Waals surface area contributed by atoms with Crippen molar-refractivity contribution < 1.29 is 0 Å². The molecule has 4 fully saturated rings. The Kier molecular flexibility index (Phi) is 3.38. The zero-order valence-corrected chi connectivity index (χ0v) is 14.4. The lowest BCUT2D eigenvalue weighted by Crippen LogP contribution is -2.58. The smallest absolute Gasteiger partial charge is 0.0342 e. The van der Waals surface area contributed by atoms with E-state index in [2.05, 4.69) is 47.1 Å². The van der Waals surface area contributed by atoms with Crippen molar-refractivity contribution in [2.45, 2.75) is 50.6 Å². The molecule has 1 nitrogen and oxygen atoms in total. The first-order valence-electron chi connectivity index (χ1n) is 9.16. The number of hydrogen-bond acceptors (Lipinski definition) is 2. The Bertz CT molecular complexity index is 652. The summed E-state index contributed by atoms with van der Waals surface area (Å²) >= 11 is 1.83. The Morgan fingerprint density at radius 3 is 2.35 bits per heavy atom. The molecule has 1 heterocycles. The molecule has 0 saturated heterocycles. The van der Waals surface area contributed by atoms with Crippen molar-refractivity contribution in [2.75, 3.05) is 0 Å². The predicted molar refractivity (Wildman–Crippen MR) is 97.5 cm³/mol. The van der Waals surface area contributed by atoms with Gasteiger partial charge in [-0.1, -0.05) is 24.3 Å². The van der Waals surface area contributed by atoms with Gasteiger partial charge in [0.1, 0.15) is 0 Å². The average molecular weight is 324 g/mol. The first kappa shape index (κ1) is 14.2. The van der Waals surface area contributed by atoms with Crippen LogP contribution in [0.2, 0.25) is 0 Å². The van der Waals surface area contributed by atoms with Crippen molar-refractivity contribution in [3.8, 4) is 10.4 Å². The number of benzene rings is 1. The zero-order chi connectivity index (χ0) is 15.3. The van der Waals surface area contributed by atoms with Gasteiger partial charge in [-0.05, 0) is 84.9 Å². The largest absolute Gasteiger partial charge is 0.307 e. The van der Waals surface area contributed by atoms with Gasteiger partial charge in [0.25, 0.3) is 0 Å². The molecule has 0 aliphatic heterocycles. The van der Waals surface area contributed by atoms with Crippen molar-refractivity contribution in [3.63, 3.8) is 0 Å². The number of rotatable bonds is 4. The average Bonchev–Trinajstić information content (AvgIpc) is 3.07. The van der Waals surface area contributed by atoms with Crippen molar-refractivity contribution in [1.29, 1.82) is 0 Å². The summed E-state index contributed by atoms with van der Waals surface area (Å²) in [5.41, 5.74) is 3.27. The predicted octanol–water partition coefficient (Wildman–Crippen LogP) is 5.47. The van der Waals surface area contributed by atoms with Crippen LogP contribution < -0.4 is 5.32 Å². The third-order valence-electron chi connectivity index (χ3n) is 6.44. The minimum atomic E-state index is 0.466. The summed E-state index contributed by atoms with van der Waals surface area (Å²) in [7, 11) is 0. The van der Waals surface area contributed by atoms with Crippen LogP contribution in [0.1, 0.15) is 44.1 Å². The van der Waals surface area contributed by atoms with Gasteiger partial charge in [0.05, 0.1) is 0 Å². The molecule has 1 aromatic heterocycles. The molecule has 0 spiro atoms. The highest BCUT2D eigenvalue weighted by Crippen LogP contribution is 2.55. The van der Waals surface area contributed by atoms with Gasteiger partial charge in [-0.2, -0.15) is 0 Å². The summed E-state index contributed by atoms with van der Waals surface area (Å²) < 4.78 is 0. The van der Waals surface area contributed by atoms with Crippen molar-refractivity contribution in [2.24, 2.45) is 17.8 Å². The monoisotopic (exact) mass is 323 g/mol. The fourth-order valence-electron chi connectivity index (χ4n) is 5.89. The molecule has 6 rings (SSSR count). The minimum absolute atomic E-state index is 0.466. The molecule has 0 atom stereocenters. The molecule has 1 aromatic carbocycles. The Labute approximate surface area is 143 Å². The molecular weight excluding hydrogens is 298 g/mol. The van der Waals surface area contributed by atoms with E-state index in [1.54, 1.807) is 0 Å². The van der Waals surface area contributed by atoms with E-state index in [1.165, 1.54) is 54.5 Å². The maximum absolute atomic E-state index is 4.02. The topological polar surface area (TPSA) is 12.0 Å². The Hall–Kier alpha value is -1.12. The van der Waals surface area contributed by atoms with Crippen molar-refractivity contribution in [1.82, 2.24) is 5.32 Å². The third-order valence-corrected chi connectivity index (χ3v) is 7.36. The SMILES string of the molecule is c1cc(CNC23CC4CC(CC(C4)C2)C3)cc(-c2cccs2)c1. The molecule has 1 N–H and O–H groups in total. The summed E-state index contributed by atoms with van der Waals surface area (Å²) in [6.45, 7) is 1.03. The van der Waals surface area contributed by atoms with Crippen LogP contribution in [-0.2, 0) is 6.54 Å². The lowest BCUT2D eigenvalue weighted by Gasteiger charge is -2.57. The van der Waals surface area contributed by atoms with Gasteiger partial charge < -0.3 is 5.32 Å². The van der Waals surface area contributed by atoms with Crippen LogP contribution in [-0.4, -0.2) is 5.54 Å². The number of hydrogen-bond donors (Lipinski definition) is 1. The van der Waals surface area contributed by atoms with Gasteiger partial charge >= 0.3 is 0 Å². The molecular formula is C21H25NS. The third kappa shape index (κ3) is 2.66. The van der Waals surface area contributed by atoms with Gasteiger partial charge in [-0.25, -0.2) is 0 Å². The van der Waals surface area contributed by atoms with Gasteiger partial charge in [0, 0.05) is 17.0 Å². The van der Waals surface area contributed by atoms with E-state index in [0.717, 1.165) is 24.3 Å². The van der Waals surface area contributed by atoms with Crippen LogP contribution in [0.3, 0.4) is 0 Å². The van der Waals surface area contributed by atoms with E-state index in [1.807, 2.05) is 11.3 Å². The molecule has 0 amide bonds. The second kappa shape index (κ2) is 5.46. The molecule has 4 bridgehead atoms. The second-order valence-electron chi connectivity index (χ2n) is 8.23. The van der Waals surface area contributed by atoms with Gasteiger partial charge in [-0.3, -0.25) is 0 Å². The van der Waals surface area contributed by atoms with Crippen LogP contribution >= 0.6 is 11.3 Å².